The molecule has 2 atom stereocenters. The number of aliphatic hydroxyl groups is 1. The van der Waals surface area contributed by atoms with Crippen LogP contribution in [0.25, 0.3) is 0 Å². The minimum Gasteiger partial charge on any atom is -0.392 e. The fourth-order valence-corrected chi connectivity index (χ4v) is 0.602. The smallest absolute Gasteiger partial charge is 0.0662 e. The zero-order valence-corrected chi connectivity index (χ0v) is 6.80. The molecule has 0 heterocycles. The number of nitrogens with two attached hydrogens (primary N) is 1. The monoisotopic (exact) mass is 146 g/mol. The maximum Gasteiger partial charge on any atom is 0.0662 e. The highest BCUT2D eigenvalue weighted by Crippen LogP contribution is 1.89. The molecule has 0 aromatic rings. The number of hydrogen-bond acceptors (Lipinski definition) is 3. The fraction of sp³-hybridized carbons (Fsp3) is 1.00. The predicted octanol–water partition coefficient (Wildman–Crippen LogP) is -0.306. The third-order valence-electron chi connectivity index (χ3n) is 1.57. The van der Waals surface area contributed by atoms with Gasteiger partial charge in [0.2, 0.25) is 0 Å². The van der Waals surface area contributed by atoms with Gasteiger partial charge in [0, 0.05) is 6.04 Å². The van der Waals surface area contributed by atoms with Crippen molar-refractivity contribution in [2.45, 2.75) is 32.4 Å². The molecule has 0 amide bonds. The molecule has 0 spiro atoms. The van der Waals surface area contributed by atoms with Gasteiger partial charge in [0.05, 0.1) is 6.10 Å². The molecule has 0 aliphatic heterocycles. The van der Waals surface area contributed by atoms with Gasteiger partial charge < -0.3 is 16.2 Å². The van der Waals surface area contributed by atoms with Crippen LogP contribution in [0.2, 0.25) is 0 Å². The Morgan fingerprint density at radius 3 is 2.50 bits per heavy atom. The van der Waals surface area contributed by atoms with E-state index in [0.717, 1.165) is 13.0 Å². The number of nitrogens with one attached hydrogen (secondary N) is 1. The molecule has 3 nitrogen and oxygen atoms in total. The van der Waals surface area contributed by atoms with Gasteiger partial charge in [-0.1, -0.05) is 0 Å². The van der Waals surface area contributed by atoms with Crippen LogP contribution < -0.4 is 11.1 Å². The maximum atomic E-state index is 9.03. The number of aliphatic hydroxyl groups excluding tert-OH is 1. The van der Waals surface area contributed by atoms with Crippen LogP contribution in [0.5, 0.6) is 0 Å². The van der Waals surface area contributed by atoms with Crippen molar-refractivity contribution < 1.29 is 5.11 Å². The van der Waals surface area contributed by atoms with Crippen molar-refractivity contribution in [3.8, 4) is 0 Å². The van der Waals surface area contributed by atoms with Gasteiger partial charge in [-0.3, -0.25) is 0 Å². The third-order valence-corrected chi connectivity index (χ3v) is 1.57. The molecule has 0 aromatic carbocycles. The average molecular weight is 146 g/mol. The lowest BCUT2D eigenvalue weighted by Gasteiger charge is -2.15. The first kappa shape index (κ1) is 9.88. The molecule has 0 aliphatic rings. The molecule has 62 valence electrons. The van der Waals surface area contributed by atoms with Crippen LogP contribution in [0.4, 0.5) is 0 Å². The molecule has 0 radical (unpaired) electrons. The van der Waals surface area contributed by atoms with Crippen molar-refractivity contribution in [3.05, 3.63) is 0 Å². The topological polar surface area (TPSA) is 58.3 Å². The molecule has 0 fully saturated rings. The average Bonchev–Trinajstić information content (AvgIpc) is 1.88. The second kappa shape index (κ2) is 5.65. The summed E-state index contributed by atoms with van der Waals surface area (Å²) in [7, 11) is 0. The van der Waals surface area contributed by atoms with E-state index in [1.54, 1.807) is 6.92 Å². The Labute approximate surface area is 62.6 Å². The van der Waals surface area contributed by atoms with E-state index >= 15 is 0 Å². The summed E-state index contributed by atoms with van der Waals surface area (Å²) in [5.74, 6) is 0. The maximum absolute atomic E-state index is 9.03. The molecule has 2 unspecified atom stereocenters. The van der Waals surface area contributed by atoms with Gasteiger partial charge >= 0.3 is 0 Å². The second-order valence-corrected chi connectivity index (χ2v) is 2.63. The summed E-state index contributed by atoms with van der Waals surface area (Å²) in [4.78, 5) is 0. The zero-order chi connectivity index (χ0) is 7.98. The largest absolute Gasteiger partial charge is 0.392 e. The Morgan fingerprint density at radius 2 is 2.10 bits per heavy atom. The van der Waals surface area contributed by atoms with Gasteiger partial charge in [-0.05, 0) is 33.4 Å². The first-order valence-electron chi connectivity index (χ1n) is 3.80. The van der Waals surface area contributed by atoms with E-state index in [0.29, 0.717) is 6.54 Å². The SMILES string of the molecule is CC(O)C(C)NCCCN. The minimum atomic E-state index is -0.280. The van der Waals surface area contributed by atoms with Crippen molar-refractivity contribution in [3.63, 3.8) is 0 Å². The summed E-state index contributed by atoms with van der Waals surface area (Å²) in [5, 5.41) is 12.2. The predicted molar refractivity (Wildman–Crippen MR) is 42.8 cm³/mol. The van der Waals surface area contributed by atoms with Crippen LogP contribution in [0.15, 0.2) is 0 Å². The Hall–Kier alpha value is -0.120. The molecule has 0 bridgehead atoms. The Bertz CT molecular complexity index is 76.0. The molecular formula is C7H18N2O. The second-order valence-electron chi connectivity index (χ2n) is 2.63. The van der Waals surface area contributed by atoms with Crippen molar-refractivity contribution in [1.82, 2.24) is 5.32 Å². The molecule has 4 N–H and O–H groups in total. The molecule has 0 saturated heterocycles. The highest BCUT2D eigenvalue weighted by Gasteiger charge is 2.05. The number of rotatable bonds is 5. The summed E-state index contributed by atoms with van der Waals surface area (Å²) in [6, 6.07) is 0.173. The molecule has 3 heteroatoms. The van der Waals surface area contributed by atoms with Gasteiger partial charge in [-0.25, -0.2) is 0 Å². The standard InChI is InChI=1S/C7H18N2O/c1-6(7(2)10)9-5-3-4-8/h6-7,9-10H,3-5,8H2,1-2H3. The van der Waals surface area contributed by atoms with E-state index in [1.165, 1.54) is 0 Å². The van der Waals surface area contributed by atoms with Gasteiger partial charge in [-0.2, -0.15) is 0 Å². The lowest BCUT2D eigenvalue weighted by Crippen LogP contribution is -2.36. The first-order valence-corrected chi connectivity index (χ1v) is 3.80. The molecule has 0 rings (SSSR count). The van der Waals surface area contributed by atoms with E-state index < -0.39 is 0 Å². The van der Waals surface area contributed by atoms with E-state index in [4.69, 9.17) is 10.8 Å². The third kappa shape index (κ3) is 4.73. The van der Waals surface area contributed by atoms with Crippen LogP contribution in [-0.2, 0) is 0 Å². The van der Waals surface area contributed by atoms with Crippen molar-refractivity contribution in [2.24, 2.45) is 5.73 Å². The first-order chi connectivity index (χ1) is 4.68. The van der Waals surface area contributed by atoms with Gasteiger partial charge in [0.1, 0.15) is 0 Å². The molecule has 0 saturated carbocycles. The summed E-state index contributed by atoms with van der Waals surface area (Å²) in [6.45, 7) is 5.34. The fourth-order valence-electron chi connectivity index (χ4n) is 0.602. The lowest BCUT2D eigenvalue weighted by atomic mass is 10.2. The van der Waals surface area contributed by atoms with Crippen molar-refractivity contribution >= 4 is 0 Å². The molecule has 10 heavy (non-hydrogen) atoms. The quantitative estimate of drug-likeness (QED) is 0.466. The molecule has 0 aromatic heterocycles. The Morgan fingerprint density at radius 1 is 1.50 bits per heavy atom. The lowest BCUT2D eigenvalue weighted by molar-refractivity contribution is 0.153. The highest BCUT2D eigenvalue weighted by atomic mass is 16.3. The van der Waals surface area contributed by atoms with Crippen LogP contribution >= 0.6 is 0 Å². The van der Waals surface area contributed by atoms with E-state index in [-0.39, 0.29) is 12.1 Å². The van der Waals surface area contributed by atoms with Gasteiger partial charge in [0.25, 0.3) is 0 Å². The number of hydrogen-bond donors (Lipinski definition) is 3. The summed E-state index contributed by atoms with van der Waals surface area (Å²) >= 11 is 0. The minimum absolute atomic E-state index is 0.173. The summed E-state index contributed by atoms with van der Waals surface area (Å²) < 4.78 is 0. The van der Waals surface area contributed by atoms with Crippen LogP contribution in [0, 0.1) is 0 Å². The molecule has 0 aliphatic carbocycles. The summed E-state index contributed by atoms with van der Waals surface area (Å²) in [5.41, 5.74) is 5.29. The van der Waals surface area contributed by atoms with Crippen LogP contribution in [0.3, 0.4) is 0 Å². The van der Waals surface area contributed by atoms with Crippen LogP contribution in [0.1, 0.15) is 20.3 Å². The van der Waals surface area contributed by atoms with Gasteiger partial charge in [0.15, 0.2) is 0 Å². The molecular weight excluding hydrogens is 128 g/mol. The van der Waals surface area contributed by atoms with Crippen LogP contribution in [-0.4, -0.2) is 30.3 Å². The van der Waals surface area contributed by atoms with Crippen molar-refractivity contribution in [2.75, 3.05) is 13.1 Å². The zero-order valence-electron chi connectivity index (χ0n) is 6.80. The van der Waals surface area contributed by atoms with E-state index in [1.807, 2.05) is 6.92 Å². The highest BCUT2D eigenvalue weighted by molar-refractivity contribution is 4.65. The Kier molecular flexibility index (Phi) is 5.58. The van der Waals surface area contributed by atoms with Crippen molar-refractivity contribution in [1.29, 1.82) is 0 Å². The Balaban J connectivity index is 3.13. The normalized spacial score (nSPS) is 16.8. The summed E-state index contributed by atoms with van der Waals surface area (Å²) in [6.07, 6.45) is 0.689. The van der Waals surface area contributed by atoms with E-state index in [9.17, 15) is 0 Å². The van der Waals surface area contributed by atoms with E-state index in [2.05, 4.69) is 5.32 Å². The van der Waals surface area contributed by atoms with Gasteiger partial charge in [-0.15, -0.1) is 0 Å².